The van der Waals surface area contributed by atoms with Crippen LogP contribution in [0.15, 0.2) is 42.5 Å². The van der Waals surface area contributed by atoms with E-state index in [1.807, 2.05) is 24.3 Å². The second-order valence-corrected chi connectivity index (χ2v) is 5.20. The third-order valence-electron chi connectivity index (χ3n) is 3.38. The van der Waals surface area contributed by atoms with E-state index in [1.54, 1.807) is 7.11 Å². The Balaban J connectivity index is 2.44. The van der Waals surface area contributed by atoms with E-state index in [4.69, 9.17) is 16.3 Å². The fourth-order valence-corrected chi connectivity index (χ4v) is 2.62. The SMILES string of the molecule is CCNC(c1cccc(OC)c1)c1ccc(Cl)cc1C. The molecule has 0 heterocycles. The molecule has 2 rings (SSSR count). The lowest BCUT2D eigenvalue weighted by atomic mass is 9.95. The highest BCUT2D eigenvalue weighted by atomic mass is 35.5. The number of methoxy groups -OCH3 is 1. The second-order valence-electron chi connectivity index (χ2n) is 4.77. The van der Waals surface area contributed by atoms with Crippen LogP contribution in [0.5, 0.6) is 5.75 Å². The molecule has 0 aliphatic heterocycles. The molecule has 0 saturated carbocycles. The van der Waals surface area contributed by atoms with Crippen LogP contribution in [0, 0.1) is 6.92 Å². The molecule has 0 bridgehead atoms. The van der Waals surface area contributed by atoms with Crippen molar-refractivity contribution in [1.29, 1.82) is 0 Å². The van der Waals surface area contributed by atoms with Crippen LogP contribution in [0.3, 0.4) is 0 Å². The quantitative estimate of drug-likeness (QED) is 0.883. The largest absolute Gasteiger partial charge is 0.497 e. The van der Waals surface area contributed by atoms with Crippen LogP contribution >= 0.6 is 11.6 Å². The van der Waals surface area contributed by atoms with E-state index in [0.29, 0.717) is 0 Å². The predicted octanol–water partition coefficient (Wildman–Crippen LogP) is 4.36. The van der Waals surface area contributed by atoms with Crippen molar-refractivity contribution in [3.8, 4) is 5.75 Å². The van der Waals surface area contributed by atoms with Gasteiger partial charge in [-0.25, -0.2) is 0 Å². The average Bonchev–Trinajstić information content (AvgIpc) is 2.45. The van der Waals surface area contributed by atoms with Crippen LogP contribution in [0.1, 0.15) is 29.7 Å². The Hall–Kier alpha value is -1.51. The highest BCUT2D eigenvalue weighted by molar-refractivity contribution is 6.30. The summed E-state index contributed by atoms with van der Waals surface area (Å²) in [6.07, 6.45) is 0. The molecule has 0 aliphatic rings. The van der Waals surface area contributed by atoms with Crippen molar-refractivity contribution in [2.75, 3.05) is 13.7 Å². The van der Waals surface area contributed by atoms with Crippen molar-refractivity contribution in [1.82, 2.24) is 5.32 Å². The lowest BCUT2D eigenvalue weighted by Gasteiger charge is -2.21. The topological polar surface area (TPSA) is 21.3 Å². The number of nitrogens with one attached hydrogen (secondary N) is 1. The van der Waals surface area contributed by atoms with E-state index >= 15 is 0 Å². The maximum absolute atomic E-state index is 6.05. The second kappa shape index (κ2) is 6.78. The summed E-state index contributed by atoms with van der Waals surface area (Å²) in [7, 11) is 1.69. The van der Waals surface area contributed by atoms with Crippen molar-refractivity contribution in [2.24, 2.45) is 0 Å². The van der Waals surface area contributed by atoms with E-state index in [0.717, 1.165) is 17.3 Å². The molecule has 1 unspecified atom stereocenters. The lowest BCUT2D eigenvalue weighted by molar-refractivity contribution is 0.413. The summed E-state index contributed by atoms with van der Waals surface area (Å²) in [6.45, 7) is 5.09. The van der Waals surface area contributed by atoms with Crippen LogP contribution < -0.4 is 10.1 Å². The van der Waals surface area contributed by atoms with Crippen molar-refractivity contribution in [3.05, 3.63) is 64.2 Å². The van der Waals surface area contributed by atoms with Gasteiger partial charge in [0.25, 0.3) is 0 Å². The van der Waals surface area contributed by atoms with Gasteiger partial charge in [0.05, 0.1) is 13.2 Å². The summed E-state index contributed by atoms with van der Waals surface area (Å²) < 4.78 is 5.32. The summed E-state index contributed by atoms with van der Waals surface area (Å²) in [5, 5.41) is 4.30. The molecule has 1 atom stereocenters. The van der Waals surface area contributed by atoms with Crippen LogP contribution in [-0.4, -0.2) is 13.7 Å². The van der Waals surface area contributed by atoms with Gasteiger partial charge in [-0.15, -0.1) is 0 Å². The van der Waals surface area contributed by atoms with Gasteiger partial charge in [0.1, 0.15) is 5.75 Å². The Labute approximate surface area is 125 Å². The number of hydrogen-bond donors (Lipinski definition) is 1. The molecule has 2 aromatic rings. The van der Waals surface area contributed by atoms with Gasteiger partial charge in [0, 0.05) is 5.02 Å². The van der Waals surface area contributed by atoms with Gasteiger partial charge in [0.2, 0.25) is 0 Å². The maximum atomic E-state index is 6.05. The van der Waals surface area contributed by atoms with Crippen LogP contribution in [0.4, 0.5) is 0 Å². The standard InChI is InChI=1S/C17H20ClNO/c1-4-19-17(13-6-5-7-15(11-13)20-3)16-9-8-14(18)10-12(16)2/h5-11,17,19H,4H2,1-3H3. The fraction of sp³-hybridized carbons (Fsp3) is 0.294. The van der Waals surface area contributed by atoms with E-state index in [2.05, 4.69) is 37.4 Å². The van der Waals surface area contributed by atoms with Crippen molar-refractivity contribution >= 4 is 11.6 Å². The molecule has 2 nitrogen and oxygen atoms in total. The third-order valence-corrected chi connectivity index (χ3v) is 3.61. The monoisotopic (exact) mass is 289 g/mol. The number of aryl methyl sites for hydroxylation is 1. The average molecular weight is 290 g/mol. The third kappa shape index (κ3) is 3.33. The van der Waals surface area contributed by atoms with E-state index in [1.165, 1.54) is 16.7 Å². The van der Waals surface area contributed by atoms with Crippen molar-refractivity contribution in [3.63, 3.8) is 0 Å². The summed E-state index contributed by atoms with van der Waals surface area (Å²) in [6, 6.07) is 14.3. The molecule has 0 spiro atoms. The van der Waals surface area contributed by atoms with Gasteiger partial charge in [-0.05, 0) is 54.4 Å². The first-order valence-corrected chi connectivity index (χ1v) is 7.17. The Kier molecular flexibility index (Phi) is 5.05. The van der Waals surface area contributed by atoms with Gasteiger partial charge in [-0.1, -0.05) is 36.7 Å². The van der Waals surface area contributed by atoms with Crippen molar-refractivity contribution < 1.29 is 4.74 Å². The number of rotatable bonds is 5. The summed E-state index contributed by atoms with van der Waals surface area (Å²) >= 11 is 6.05. The number of benzene rings is 2. The van der Waals surface area contributed by atoms with Gasteiger partial charge in [-0.3, -0.25) is 0 Å². The molecule has 0 fully saturated rings. The summed E-state index contributed by atoms with van der Waals surface area (Å²) in [4.78, 5) is 0. The first kappa shape index (κ1) is 14.9. The zero-order valence-electron chi connectivity index (χ0n) is 12.1. The highest BCUT2D eigenvalue weighted by Gasteiger charge is 2.15. The zero-order valence-corrected chi connectivity index (χ0v) is 12.9. The summed E-state index contributed by atoms with van der Waals surface area (Å²) in [5.74, 6) is 0.872. The lowest BCUT2D eigenvalue weighted by Crippen LogP contribution is -2.22. The van der Waals surface area contributed by atoms with Gasteiger partial charge < -0.3 is 10.1 Å². The van der Waals surface area contributed by atoms with Gasteiger partial charge in [-0.2, -0.15) is 0 Å². The minimum Gasteiger partial charge on any atom is -0.497 e. The van der Waals surface area contributed by atoms with E-state index < -0.39 is 0 Å². The van der Waals surface area contributed by atoms with Crippen molar-refractivity contribution in [2.45, 2.75) is 19.9 Å². The smallest absolute Gasteiger partial charge is 0.119 e. The first-order chi connectivity index (χ1) is 9.65. The van der Waals surface area contributed by atoms with E-state index in [-0.39, 0.29) is 6.04 Å². The molecule has 2 aromatic carbocycles. The molecule has 1 N–H and O–H groups in total. The first-order valence-electron chi connectivity index (χ1n) is 6.79. The molecule has 0 aromatic heterocycles. The van der Waals surface area contributed by atoms with Gasteiger partial charge >= 0.3 is 0 Å². The molecule has 0 radical (unpaired) electrons. The zero-order chi connectivity index (χ0) is 14.5. The Morgan fingerprint density at radius 1 is 1.20 bits per heavy atom. The molecule has 3 heteroatoms. The fourth-order valence-electron chi connectivity index (χ4n) is 2.40. The van der Waals surface area contributed by atoms with E-state index in [9.17, 15) is 0 Å². The number of hydrogen-bond acceptors (Lipinski definition) is 2. The Morgan fingerprint density at radius 2 is 2.00 bits per heavy atom. The number of halogens is 1. The molecule has 20 heavy (non-hydrogen) atoms. The molecule has 0 amide bonds. The molecule has 0 saturated heterocycles. The normalized spacial score (nSPS) is 12.2. The molecule has 106 valence electrons. The predicted molar refractivity (Wildman–Crippen MR) is 84.7 cm³/mol. The summed E-state index contributed by atoms with van der Waals surface area (Å²) in [5.41, 5.74) is 3.62. The highest BCUT2D eigenvalue weighted by Crippen LogP contribution is 2.28. The molecular formula is C17H20ClNO. The van der Waals surface area contributed by atoms with Crippen LogP contribution in [-0.2, 0) is 0 Å². The van der Waals surface area contributed by atoms with Crippen LogP contribution in [0.2, 0.25) is 5.02 Å². The minimum atomic E-state index is 0.146. The Bertz CT molecular complexity index is 583. The minimum absolute atomic E-state index is 0.146. The van der Waals surface area contributed by atoms with Gasteiger partial charge in [0.15, 0.2) is 0 Å². The maximum Gasteiger partial charge on any atom is 0.119 e. The molecule has 0 aliphatic carbocycles. The number of ether oxygens (including phenoxy) is 1. The van der Waals surface area contributed by atoms with Crippen LogP contribution in [0.25, 0.3) is 0 Å². The molecular weight excluding hydrogens is 270 g/mol. The Morgan fingerprint density at radius 3 is 2.65 bits per heavy atom.